The van der Waals surface area contributed by atoms with Gasteiger partial charge in [0.1, 0.15) is 0 Å². The van der Waals surface area contributed by atoms with E-state index in [0.29, 0.717) is 0 Å². The molecule has 106 valence electrons. The van der Waals surface area contributed by atoms with Gasteiger partial charge in [-0.05, 0) is 13.3 Å². The Morgan fingerprint density at radius 3 is 1.94 bits per heavy atom. The van der Waals surface area contributed by atoms with E-state index in [0.717, 1.165) is 10.9 Å². The molecule has 0 aromatic carbocycles. The Morgan fingerprint density at radius 1 is 1.11 bits per heavy atom. The van der Waals surface area contributed by atoms with E-state index in [4.69, 9.17) is 0 Å². The van der Waals surface area contributed by atoms with Gasteiger partial charge in [0, 0.05) is 6.04 Å². The molecule has 0 bridgehead atoms. The number of rotatable bonds is 2. The lowest BCUT2D eigenvalue weighted by atomic mass is 10.3. The van der Waals surface area contributed by atoms with E-state index < -0.39 is 30.1 Å². The molecule has 4 nitrogen and oxygen atoms in total. The fourth-order valence-corrected chi connectivity index (χ4v) is 0.675. The third-order valence-corrected chi connectivity index (χ3v) is 1.76. The molecule has 10 heteroatoms. The van der Waals surface area contributed by atoms with Gasteiger partial charge in [-0.3, -0.25) is 20.6 Å². The fraction of sp³-hybridized carbons (Fsp3) is 0.750. The number of carbonyl (C=O) groups is 1. The van der Waals surface area contributed by atoms with Gasteiger partial charge >= 0.3 is 18.3 Å². The summed E-state index contributed by atoms with van der Waals surface area (Å²) in [7, 11) is 0. The molecule has 1 unspecified atom stereocenters. The van der Waals surface area contributed by atoms with Crippen molar-refractivity contribution in [3.63, 3.8) is 0 Å². The maximum absolute atomic E-state index is 12.3. The predicted molar refractivity (Wildman–Crippen MR) is 50.6 cm³/mol. The first kappa shape index (κ1) is 16.5. The molecule has 0 aromatic rings. The number of halogens is 6. The van der Waals surface area contributed by atoms with Gasteiger partial charge in [0.25, 0.3) is 0 Å². The van der Waals surface area contributed by atoms with Crippen molar-refractivity contribution in [2.75, 3.05) is 0 Å². The Bertz CT molecular complexity index is 322. The molecule has 0 aliphatic carbocycles. The molecule has 0 fully saturated rings. The van der Waals surface area contributed by atoms with Crippen LogP contribution in [0.3, 0.4) is 0 Å². The first-order valence-corrected chi connectivity index (χ1v) is 4.76. The van der Waals surface area contributed by atoms with E-state index in [-0.39, 0.29) is 6.42 Å². The number of alkyl halides is 6. The zero-order valence-corrected chi connectivity index (χ0v) is 9.41. The van der Waals surface area contributed by atoms with Gasteiger partial charge < -0.3 is 0 Å². The van der Waals surface area contributed by atoms with Crippen LogP contribution in [-0.4, -0.2) is 30.1 Å². The summed E-state index contributed by atoms with van der Waals surface area (Å²) in [5.74, 6) is -4.22. The summed E-state index contributed by atoms with van der Waals surface area (Å²) >= 11 is 0. The average Bonchev–Trinajstić information content (AvgIpc) is 2.20. The van der Waals surface area contributed by atoms with Crippen LogP contribution in [0.25, 0.3) is 0 Å². The Balaban J connectivity index is 4.75. The second kappa shape index (κ2) is 5.91. The van der Waals surface area contributed by atoms with E-state index in [1.54, 1.807) is 6.92 Å². The highest BCUT2D eigenvalue weighted by Crippen LogP contribution is 2.17. The van der Waals surface area contributed by atoms with Crippen LogP contribution in [-0.2, 0) is 4.79 Å². The maximum Gasteiger partial charge on any atom is 0.472 e. The number of carbonyl (C=O) groups excluding carboxylic acids is 1. The number of hydrazine groups is 1. The van der Waals surface area contributed by atoms with Gasteiger partial charge in [-0.2, -0.15) is 26.3 Å². The van der Waals surface area contributed by atoms with Crippen LogP contribution < -0.4 is 10.9 Å². The normalized spacial score (nSPS) is 15.2. The summed E-state index contributed by atoms with van der Waals surface area (Å²) in [6.07, 6.45) is -10.0. The minimum absolute atomic E-state index is 0.258. The molecule has 0 saturated carbocycles. The van der Waals surface area contributed by atoms with Gasteiger partial charge in [-0.25, -0.2) is 0 Å². The molecule has 0 radical (unpaired) electrons. The van der Waals surface area contributed by atoms with E-state index in [2.05, 4.69) is 4.99 Å². The predicted octanol–water partition coefficient (Wildman–Crippen LogP) is 1.93. The summed E-state index contributed by atoms with van der Waals surface area (Å²) in [6.45, 7) is 2.90. The standard InChI is InChI=1S/C8H11F6N3O/c1-3-4(2)15-5(7(9,10)11)16-17-6(18)8(12,13)14/h4H,3H2,1-2H3,(H,15,16)(H,17,18). The van der Waals surface area contributed by atoms with E-state index in [9.17, 15) is 31.1 Å². The monoisotopic (exact) mass is 279 g/mol. The number of nitrogens with one attached hydrogen (secondary N) is 2. The van der Waals surface area contributed by atoms with Gasteiger partial charge in [0.2, 0.25) is 5.84 Å². The van der Waals surface area contributed by atoms with Gasteiger partial charge in [0.15, 0.2) is 0 Å². The van der Waals surface area contributed by atoms with Crippen molar-refractivity contribution in [1.82, 2.24) is 10.9 Å². The Labute approximate surface area is 98.4 Å². The topological polar surface area (TPSA) is 53.5 Å². The smallest absolute Gasteiger partial charge is 0.278 e. The molecular weight excluding hydrogens is 268 g/mol. The second-order valence-corrected chi connectivity index (χ2v) is 3.31. The first-order chi connectivity index (χ1) is 7.98. The lowest BCUT2D eigenvalue weighted by molar-refractivity contribution is -0.174. The van der Waals surface area contributed by atoms with Crippen LogP contribution in [0.15, 0.2) is 4.99 Å². The summed E-state index contributed by atoms with van der Waals surface area (Å²) < 4.78 is 72.3. The summed E-state index contributed by atoms with van der Waals surface area (Å²) in [6, 6.07) is -0.753. The molecule has 1 atom stereocenters. The number of hydrogen-bond acceptors (Lipinski definition) is 2. The second-order valence-electron chi connectivity index (χ2n) is 3.31. The van der Waals surface area contributed by atoms with Crippen molar-refractivity contribution >= 4 is 11.7 Å². The van der Waals surface area contributed by atoms with Gasteiger partial charge in [-0.15, -0.1) is 0 Å². The molecule has 0 aliphatic heterocycles. The molecule has 2 N–H and O–H groups in total. The van der Waals surface area contributed by atoms with Crippen LogP contribution in [0, 0.1) is 0 Å². The third kappa shape index (κ3) is 5.73. The molecule has 0 spiro atoms. The minimum Gasteiger partial charge on any atom is -0.278 e. The quantitative estimate of drug-likeness (QED) is 0.351. The van der Waals surface area contributed by atoms with Crippen LogP contribution in [0.4, 0.5) is 26.3 Å². The van der Waals surface area contributed by atoms with Crippen molar-refractivity contribution in [3.8, 4) is 0 Å². The Hall–Kier alpha value is -1.48. The zero-order chi connectivity index (χ0) is 14.6. The van der Waals surface area contributed by atoms with Gasteiger partial charge in [0.05, 0.1) is 0 Å². The Kier molecular flexibility index (Phi) is 5.43. The fourth-order valence-electron chi connectivity index (χ4n) is 0.675. The van der Waals surface area contributed by atoms with Crippen LogP contribution in [0.2, 0.25) is 0 Å². The number of aliphatic imine (C=N–C) groups is 1. The molecular formula is C8H11F6N3O. The number of hydrogen-bond donors (Lipinski definition) is 2. The molecule has 0 heterocycles. The van der Waals surface area contributed by atoms with Crippen LogP contribution >= 0.6 is 0 Å². The lowest BCUT2D eigenvalue weighted by Crippen LogP contribution is -2.52. The SMILES string of the molecule is CCC(C)N=C(NNC(=O)C(F)(F)F)C(F)(F)F. The van der Waals surface area contributed by atoms with Crippen LogP contribution in [0.5, 0.6) is 0 Å². The average molecular weight is 279 g/mol. The van der Waals surface area contributed by atoms with Crippen molar-refractivity contribution in [3.05, 3.63) is 0 Å². The number of amides is 1. The number of amidine groups is 1. The highest BCUT2D eigenvalue weighted by Gasteiger charge is 2.41. The van der Waals surface area contributed by atoms with Crippen molar-refractivity contribution in [2.24, 2.45) is 4.99 Å². The molecule has 0 aromatic heterocycles. The highest BCUT2D eigenvalue weighted by molar-refractivity contribution is 5.90. The third-order valence-electron chi connectivity index (χ3n) is 1.76. The summed E-state index contributed by atoms with van der Waals surface area (Å²) in [5.41, 5.74) is 2.03. The van der Waals surface area contributed by atoms with Gasteiger partial charge in [-0.1, -0.05) is 6.92 Å². The zero-order valence-electron chi connectivity index (χ0n) is 9.41. The first-order valence-electron chi connectivity index (χ1n) is 4.76. The molecule has 0 aliphatic rings. The number of nitrogens with zero attached hydrogens (tertiary/aromatic N) is 1. The summed E-state index contributed by atoms with van der Waals surface area (Å²) in [4.78, 5) is 13.4. The molecule has 0 rings (SSSR count). The largest absolute Gasteiger partial charge is 0.472 e. The highest BCUT2D eigenvalue weighted by atomic mass is 19.4. The van der Waals surface area contributed by atoms with Crippen molar-refractivity contribution in [1.29, 1.82) is 0 Å². The molecule has 1 amide bonds. The minimum atomic E-state index is -5.28. The molecule has 0 saturated heterocycles. The van der Waals surface area contributed by atoms with E-state index >= 15 is 0 Å². The Morgan fingerprint density at radius 2 is 1.61 bits per heavy atom. The van der Waals surface area contributed by atoms with E-state index in [1.807, 2.05) is 0 Å². The molecule has 18 heavy (non-hydrogen) atoms. The van der Waals surface area contributed by atoms with Crippen LogP contribution in [0.1, 0.15) is 20.3 Å². The van der Waals surface area contributed by atoms with Crippen molar-refractivity contribution < 1.29 is 31.1 Å². The summed E-state index contributed by atoms with van der Waals surface area (Å²) in [5, 5.41) is 0. The lowest BCUT2D eigenvalue weighted by Gasteiger charge is -2.16. The maximum atomic E-state index is 12.3. The van der Waals surface area contributed by atoms with Crippen molar-refractivity contribution in [2.45, 2.75) is 38.7 Å². The van der Waals surface area contributed by atoms with E-state index in [1.165, 1.54) is 6.92 Å².